The minimum Gasteiger partial charge on any atom is -0.382 e. The number of hydrogen-bond acceptors (Lipinski definition) is 2. The normalized spacial score (nSPS) is 11.1. The maximum atomic E-state index is 6.03. The van der Waals surface area contributed by atoms with E-state index in [4.69, 9.17) is 5.73 Å². The Morgan fingerprint density at radius 2 is 2.00 bits per heavy atom. The van der Waals surface area contributed by atoms with Crippen LogP contribution in [0.15, 0.2) is 24.3 Å². The zero-order valence-corrected chi connectivity index (χ0v) is 11.3. The summed E-state index contributed by atoms with van der Waals surface area (Å²) < 4.78 is 0. The molecule has 0 saturated heterocycles. The molecule has 0 fully saturated rings. The summed E-state index contributed by atoms with van der Waals surface area (Å²) in [5, 5.41) is 7.31. The van der Waals surface area contributed by atoms with Gasteiger partial charge in [0.1, 0.15) is 0 Å². The zero-order valence-electron chi connectivity index (χ0n) is 11.3. The Bertz CT molecular complexity index is 524. The molecule has 1 aromatic heterocycles. The Balaban J connectivity index is 2.53. The molecule has 0 bridgehead atoms. The molecule has 0 spiro atoms. The predicted molar refractivity (Wildman–Crippen MR) is 76.5 cm³/mol. The summed E-state index contributed by atoms with van der Waals surface area (Å²) >= 11 is 0. The van der Waals surface area contributed by atoms with Crippen LogP contribution in [0.1, 0.15) is 43.9 Å². The first kappa shape index (κ1) is 12.7. The van der Waals surface area contributed by atoms with Crippen molar-refractivity contribution >= 4 is 5.82 Å². The number of nitrogens with zero attached hydrogens (tertiary/aromatic N) is 1. The van der Waals surface area contributed by atoms with Crippen molar-refractivity contribution in [1.29, 1.82) is 0 Å². The second-order valence-electron chi connectivity index (χ2n) is 4.78. The first-order valence-electron chi connectivity index (χ1n) is 6.58. The maximum absolute atomic E-state index is 6.03. The van der Waals surface area contributed by atoms with E-state index < -0.39 is 0 Å². The van der Waals surface area contributed by atoms with Gasteiger partial charge in [0.15, 0.2) is 5.82 Å². The monoisotopic (exact) mass is 243 g/mol. The number of hydrogen-bond donors (Lipinski definition) is 2. The lowest BCUT2D eigenvalue weighted by Gasteiger charge is -2.13. The highest BCUT2D eigenvalue weighted by Gasteiger charge is 2.18. The molecule has 0 saturated carbocycles. The summed E-state index contributed by atoms with van der Waals surface area (Å²) in [6.45, 7) is 6.49. The largest absolute Gasteiger partial charge is 0.382 e. The first-order chi connectivity index (χ1) is 8.67. The first-order valence-corrected chi connectivity index (χ1v) is 6.58. The third-order valence-electron chi connectivity index (χ3n) is 3.52. The molecule has 0 amide bonds. The van der Waals surface area contributed by atoms with Gasteiger partial charge in [-0.05, 0) is 25.3 Å². The standard InChI is InChI=1S/C15H21N3/c1-4-11(5-2)14-13(15(16)18-17-14)12-8-6-7-10(3)9-12/h6-9,11H,4-5H2,1-3H3,(H3,16,17,18). The van der Waals surface area contributed by atoms with Crippen molar-refractivity contribution in [3.63, 3.8) is 0 Å². The molecule has 3 nitrogen and oxygen atoms in total. The number of aromatic amines is 1. The summed E-state index contributed by atoms with van der Waals surface area (Å²) in [5.74, 6) is 1.09. The van der Waals surface area contributed by atoms with Gasteiger partial charge in [0.2, 0.25) is 0 Å². The molecule has 0 aliphatic rings. The fourth-order valence-electron chi connectivity index (χ4n) is 2.47. The number of nitrogens with one attached hydrogen (secondary N) is 1. The van der Waals surface area contributed by atoms with Crippen molar-refractivity contribution < 1.29 is 0 Å². The molecule has 1 aromatic carbocycles. The maximum Gasteiger partial charge on any atom is 0.153 e. The third-order valence-corrected chi connectivity index (χ3v) is 3.52. The van der Waals surface area contributed by atoms with Crippen molar-refractivity contribution in [1.82, 2.24) is 10.2 Å². The van der Waals surface area contributed by atoms with Crippen molar-refractivity contribution in [2.24, 2.45) is 0 Å². The van der Waals surface area contributed by atoms with Crippen LogP contribution in [0, 0.1) is 6.92 Å². The van der Waals surface area contributed by atoms with Crippen LogP contribution in [0.25, 0.3) is 11.1 Å². The van der Waals surface area contributed by atoms with Gasteiger partial charge in [-0.2, -0.15) is 5.10 Å². The third kappa shape index (κ3) is 2.26. The highest BCUT2D eigenvalue weighted by molar-refractivity contribution is 5.77. The number of aryl methyl sites for hydroxylation is 1. The molecule has 2 rings (SSSR count). The average Bonchev–Trinajstić information content (AvgIpc) is 2.73. The van der Waals surface area contributed by atoms with Crippen molar-refractivity contribution in [3.8, 4) is 11.1 Å². The molecular weight excluding hydrogens is 222 g/mol. The van der Waals surface area contributed by atoms with E-state index in [-0.39, 0.29) is 0 Å². The molecule has 18 heavy (non-hydrogen) atoms. The van der Waals surface area contributed by atoms with Crippen LogP contribution in [0.2, 0.25) is 0 Å². The van der Waals surface area contributed by atoms with Gasteiger partial charge in [-0.15, -0.1) is 0 Å². The fourth-order valence-corrected chi connectivity index (χ4v) is 2.47. The van der Waals surface area contributed by atoms with Crippen LogP contribution in [-0.4, -0.2) is 10.2 Å². The lowest BCUT2D eigenvalue weighted by atomic mass is 9.92. The Morgan fingerprint density at radius 3 is 2.61 bits per heavy atom. The van der Waals surface area contributed by atoms with Gasteiger partial charge < -0.3 is 5.73 Å². The Hall–Kier alpha value is -1.77. The molecule has 3 N–H and O–H groups in total. The van der Waals surface area contributed by atoms with Gasteiger partial charge in [-0.25, -0.2) is 0 Å². The molecule has 0 unspecified atom stereocenters. The van der Waals surface area contributed by atoms with Gasteiger partial charge in [0.25, 0.3) is 0 Å². The van der Waals surface area contributed by atoms with E-state index >= 15 is 0 Å². The van der Waals surface area contributed by atoms with Gasteiger partial charge >= 0.3 is 0 Å². The number of anilines is 1. The minimum absolute atomic E-state index is 0.491. The summed E-state index contributed by atoms with van der Waals surface area (Å²) in [4.78, 5) is 0. The van der Waals surface area contributed by atoms with E-state index in [1.165, 1.54) is 11.3 Å². The van der Waals surface area contributed by atoms with E-state index in [0.717, 1.165) is 24.0 Å². The quantitative estimate of drug-likeness (QED) is 0.856. The van der Waals surface area contributed by atoms with E-state index in [9.17, 15) is 0 Å². The smallest absolute Gasteiger partial charge is 0.153 e. The molecule has 0 aliphatic carbocycles. The summed E-state index contributed by atoms with van der Waals surface area (Å²) in [6.07, 6.45) is 2.19. The van der Waals surface area contributed by atoms with Crippen LogP contribution in [0.5, 0.6) is 0 Å². The molecule has 1 heterocycles. The average molecular weight is 243 g/mol. The van der Waals surface area contributed by atoms with E-state index in [2.05, 4.69) is 55.2 Å². The van der Waals surface area contributed by atoms with Crippen LogP contribution < -0.4 is 5.73 Å². The van der Waals surface area contributed by atoms with Crippen molar-refractivity contribution in [3.05, 3.63) is 35.5 Å². The van der Waals surface area contributed by atoms with Crippen LogP contribution in [0.4, 0.5) is 5.82 Å². The van der Waals surface area contributed by atoms with Gasteiger partial charge in [-0.1, -0.05) is 43.7 Å². The van der Waals surface area contributed by atoms with Gasteiger partial charge in [0.05, 0.1) is 0 Å². The zero-order chi connectivity index (χ0) is 13.1. The number of H-pyrrole nitrogens is 1. The summed E-state index contributed by atoms with van der Waals surface area (Å²) in [5.41, 5.74) is 10.7. The van der Waals surface area contributed by atoms with Crippen LogP contribution in [0.3, 0.4) is 0 Å². The second-order valence-corrected chi connectivity index (χ2v) is 4.78. The van der Waals surface area contributed by atoms with E-state index in [1.807, 2.05) is 0 Å². The van der Waals surface area contributed by atoms with Gasteiger partial charge in [0, 0.05) is 17.2 Å². The number of aromatic nitrogens is 2. The summed E-state index contributed by atoms with van der Waals surface area (Å²) in [7, 11) is 0. The molecule has 2 aromatic rings. The van der Waals surface area contributed by atoms with E-state index in [0.29, 0.717) is 11.7 Å². The number of rotatable bonds is 4. The molecular formula is C15H21N3. The molecule has 0 atom stereocenters. The highest BCUT2D eigenvalue weighted by atomic mass is 15.2. The van der Waals surface area contributed by atoms with E-state index in [1.54, 1.807) is 0 Å². The molecule has 0 aliphatic heterocycles. The van der Waals surface area contributed by atoms with Gasteiger partial charge in [-0.3, -0.25) is 5.10 Å². The molecule has 0 radical (unpaired) electrons. The lowest BCUT2D eigenvalue weighted by molar-refractivity contribution is 0.622. The van der Waals surface area contributed by atoms with Crippen LogP contribution >= 0.6 is 0 Å². The minimum atomic E-state index is 0.491. The molecule has 96 valence electrons. The molecule has 3 heteroatoms. The van der Waals surface area contributed by atoms with Crippen LogP contribution in [-0.2, 0) is 0 Å². The Kier molecular flexibility index (Phi) is 3.70. The Morgan fingerprint density at radius 1 is 1.28 bits per heavy atom. The van der Waals surface area contributed by atoms with Crippen molar-refractivity contribution in [2.75, 3.05) is 5.73 Å². The topological polar surface area (TPSA) is 54.7 Å². The second kappa shape index (κ2) is 5.25. The highest BCUT2D eigenvalue weighted by Crippen LogP contribution is 2.35. The lowest BCUT2D eigenvalue weighted by Crippen LogP contribution is -1.99. The predicted octanol–water partition coefficient (Wildman–Crippen LogP) is 3.87. The number of nitrogens with two attached hydrogens (primary N) is 1. The fraction of sp³-hybridized carbons (Fsp3) is 0.400. The number of nitrogen functional groups attached to an aromatic ring is 1. The Labute approximate surface area is 108 Å². The summed E-state index contributed by atoms with van der Waals surface area (Å²) in [6, 6.07) is 8.41. The number of benzene rings is 1. The van der Waals surface area contributed by atoms with Crippen molar-refractivity contribution in [2.45, 2.75) is 39.5 Å². The SMILES string of the molecule is CCC(CC)c1[nH]nc(N)c1-c1cccc(C)c1.